The molecule has 19 nitrogen and oxygen atoms in total. The average Bonchev–Trinajstić information content (AvgIpc) is 1.68. The number of nitrogens with one attached hydrogen (secondary N) is 3. The highest BCUT2D eigenvalue weighted by Crippen LogP contribution is 2.38. The molecule has 9 rings (SSSR count). The molecule has 0 radical (unpaired) electrons. The lowest BCUT2D eigenvalue weighted by Gasteiger charge is -2.24. The SMILES string of the molecule is CCCCc1oc2ccccc2c1C(=O)c1cc(I)c(OCCN(C)CC(=O)NCCN(CCNC(=O)CN(C)CCOc2c(I)cc(C(=O)c3c(CCCC)oc4ccccc34)cc2I)CCNC(=O)CN(C)CCOc2c(I)cc(C(=O)c3c(CCCC)oc4ccccc34)cc2I)c(I)c1. The third-order valence-corrected chi connectivity index (χ3v) is 22.2. The van der Waals surface area contributed by atoms with E-state index in [0.717, 1.165) is 76.1 Å². The lowest BCUT2D eigenvalue weighted by Crippen LogP contribution is -2.46. The summed E-state index contributed by atoms with van der Waals surface area (Å²) >= 11 is 13.3. The standard InChI is InChI=1S/C78H87I6N7O12/c1-7-10-22-64-70(52-19-13-16-25-61(52)101-64)73(95)49-40-55(79)76(56(80)41-49)98-37-34-88(4)46-67(92)85-28-31-91(32-29-86-68(93)47-89(5)35-38-99-77-57(81)42-50(43-58(77)82)74(96)71-53-20-14-17-26-62(53)102-65(71)23-11-8-2)33-30-87-69(94)48-90(6)36-39-100-78-59(83)44-51(45-60(78)84)75(97)72-54-21-15-18-27-63(54)103-66(72)24-12-9-3/h13-21,25-27,40-45H,7-12,22-24,28-39,46-48H2,1-6H3,(H,85,92)(H,86,93)(H,87,94). The summed E-state index contributed by atoms with van der Waals surface area (Å²) in [7, 11) is 5.57. The van der Waals surface area contributed by atoms with Gasteiger partial charge in [0.25, 0.3) is 0 Å². The van der Waals surface area contributed by atoms with E-state index in [4.69, 9.17) is 27.5 Å². The summed E-state index contributed by atoms with van der Waals surface area (Å²) in [4.78, 5) is 90.3. The number of aryl methyl sites for hydroxylation is 3. The zero-order chi connectivity index (χ0) is 73.7. The molecule has 3 heterocycles. The first kappa shape index (κ1) is 82.0. The van der Waals surface area contributed by atoms with Crippen LogP contribution in [-0.2, 0) is 33.6 Å². The zero-order valence-electron chi connectivity index (χ0n) is 58.8. The number of ketones is 3. The van der Waals surface area contributed by atoms with Gasteiger partial charge in [-0.15, -0.1) is 0 Å². The molecule has 3 N–H and O–H groups in total. The van der Waals surface area contributed by atoms with Gasteiger partial charge in [-0.05, 0) is 231 Å². The van der Waals surface area contributed by atoms with Crippen LogP contribution in [0.4, 0.5) is 0 Å². The van der Waals surface area contributed by atoms with E-state index in [9.17, 15) is 28.8 Å². The fourth-order valence-corrected chi connectivity index (χ4v) is 18.2. The van der Waals surface area contributed by atoms with Crippen LogP contribution in [0, 0.1) is 21.4 Å². The maximum atomic E-state index is 14.1. The van der Waals surface area contributed by atoms with Crippen molar-refractivity contribution in [3.05, 3.63) is 181 Å². The van der Waals surface area contributed by atoms with Gasteiger partial charge in [0.05, 0.1) is 57.7 Å². The number of nitrogens with zero attached hydrogens (tertiary/aromatic N) is 4. The molecule has 103 heavy (non-hydrogen) atoms. The molecular weight excluding hydrogens is 1990 g/mol. The van der Waals surface area contributed by atoms with Gasteiger partial charge >= 0.3 is 0 Å². The average molecular weight is 2080 g/mol. The van der Waals surface area contributed by atoms with Crippen LogP contribution >= 0.6 is 136 Å². The molecule has 0 unspecified atom stereocenters. The predicted octanol–water partition coefficient (Wildman–Crippen LogP) is 15.3. The van der Waals surface area contributed by atoms with Crippen molar-refractivity contribution >= 4 is 204 Å². The number of amides is 3. The van der Waals surface area contributed by atoms with Crippen LogP contribution in [0.15, 0.2) is 122 Å². The second kappa shape index (κ2) is 40.8. The summed E-state index contributed by atoms with van der Waals surface area (Å²) in [5.41, 5.74) is 5.63. The molecule has 0 spiro atoms. The second-order valence-corrected chi connectivity index (χ2v) is 32.4. The molecule has 3 amide bonds. The second-order valence-electron chi connectivity index (χ2n) is 25.4. The Labute approximate surface area is 684 Å². The van der Waals surface area contributed by atoms with Gasteiger partial charge in [-0.3, -0.25) is 48.4 Å². The number of hydrogen-bond donors (Lipinski definition) is 3. The van der Waals surface area contributed by atoms with Gasteiger partial charge in [-0.2, -0.15) is 0 Å². The van der Waals surface area contributed by atoms with E-state index in [2.05, 4.69) is 177 Å². The molecule has 9 aromatic rings. The van der Waals surface area contributed by atoms with Gasteiger partial charge in [0, 0.05) is 111 Å². The summed E-state index contributed by atoms with van der Waals surface area (Å²) < 4.78 is 42.2. The maximum Gasteiger partial charge on any atom is 0.234 e. The largest absolute Gasteiger partial charge is 0.490 e. The Bertz CT molecular complexity index is 3950. The van der Waals surface area contributed by atoms with Crippen LogP contribution in [0.1, 0.15) is 124 Å². The van der Waals surface area contributed by atoms with Crippen molar-refractivity contribution < 1.29 is 56.2 Å². The smallest absolute Gasteiger partial charge is 0.234 e. The van der Waals surface area contributed by atoms with E-state index in [1.165, 1.54) is 0 Å². The molecule has 0 aliphatic heterocycles. The highest BCUT2D eigenvalue weighted by Gasteiger charge is 2.28. The van der Waals surface area contributed by atoms with E-state index in [-0.39, 0.29) is 54.7 Å². The minimum atomic E-state index is -0.167. The molecule has 0 aliphatic carbocycles. The van der Waals surface area contributed by atoms with Crippen molar-refractivity contribution in [1.82, 2.24) is 35.6 Å². The maximum absolute atomic E-state index is 14.1. The number of hydrogen-bond acceptors (Lipinski definition) is 16. The van der Waals surface area contributed by atoms with E-state index in [1.807, 2.05) is 145 Å². The Morgan fingerprint density at radius 1 is 0.379 bits per heavy atom. The minimum absolute atomic E-state index is 0.0849. The van der Waals surface area contributed by atoms with Crippen LogP contribution in [0.2, 0.25) is 0 Å². The predicted molar refractivity (Wildman–Crippen MR) is 455 cm³/mol. The first-order chi connectivity index (χ1) is 49.7. The quantitative estimate of drug-likeness (QED) is 0.0239. The number of likely N-dealkylation sites (N-methyl/N-ethyl adjacent to an activating group) is 3. The Balaban J connectivity index is 0.743. The molecular formula is C78H87I6N7O12. The van der Waals surface area contributed by atoms with E-state index < -0.39 is 0 Å². The first-order valence-corrected chi connectivity index (χ1v) is 41.2. The number of benzene rings is 6. The van der Waals surface area contributed by atoms with Gasteiger partial charge in [0.2, 0.25) is 17.7 Å². The number of fused-ring (bicyclic) bond motifs is 3. The lowest BCUT2D eigenvalue weighted by molar-refractivity contribution is -0.122. The number of unbranched alkanes of at least 4 members (excludes halogenated alkanes) is 3. The number of carbonyl (C=O) groups excluding carboxylic acids is 6. The number of rotatable bonds is 42. The summed E-state index contributed by atoms with van der Waals surface area (Å²) in [5.74, 6) is 3.39. The lowest BCUT2D eigenvalue weighted by atomic mass is 9.98. The van der Waals surface area contributed by atoms with Crippen molar-refractivity contribution in [2.24, 2.45) is 0 Å². The Kier molecular flexibility index (Phi) is 32.5. The molecule has 25 heteroatoms. The fourth-order valence-electron chi connectivity index (χ4n) is 11.9. The van der Waals surface area contributed by atoms with Crippen molar-refractivity contribution in [3.8, 4) is 17.2 Å². The molecule has 3 aromatic heterocycles. The number of furan rings is 3. The van der Waals surface area contributed by atoms with Crippen LogP contribution in [-0.4, -0.2) is 174 Å². The number of para-hydroxylation sites is 3. The third kappa shape index (κ3) is 22.8. The van der Waals surface area contributed by atoms with Crippen LogP contribution < -0.4 is 30.2 Å². The van der Waals surface area contributed by atoms with Crippen LogP contribution in [0.5, 0.6) is 17.2 Å². The number of ether oxygens (including phenoxy) is 3. The van der Waals surface area contributed by atoms with Crippen molar-refractivity contribution in [2.45, 2.75) is 78.6 Å². The third-order valence-electron chi connectivity index (χ3n) is 17.4. The van der Waals surface area contributed by atoms with Gasteiger partial charge in [-0.1, -0.05) is 94.6 Å². The van der Waals surface area contributed by atoms with Crippen molar-refractivity contribution in [3.63, 3.8) is 0 Å². The zero-order valence-corrected chi connectivity index (χ0v) is 71.8. The van der Waals surface area contributed by atoms with Gasteiger partial charge in [0.15, 0.2) is 17.3 Å². The highest BCUT2D eigenvalue weighted by atomic mass is 127. The molecule has 0 fully saturated rings. The number of halogens is 6. The summed E-state index contributed by atoms with van der Waals surface area (Å²) in [5, 5.41) is 11.6. The van der Waals surface area contributed by atoms with E-state index in [1.54, 1.807) is 0 Å². The summed E-state index contributed by atoms with van der Waals surface area (Å²) in [6.07, 6.45) is 7.73. The van der Waals surface area contributed by atoms with Crippen LogP contribution in [0.3, 0.4) is 0 Å². The molecule has 548 valence electrons. The van der Waals surface area contributed by atoms with Crippen molar-refractivity contribution in [2.75, 3.05) is 120 Å². The monoisotopic (exact) mass is 2080 g/mol. The topological polar surface area (TPSA) is 219 Å². The van der Waals surface area contributed by atoms with Gasteiger partial charge in [0.1, 0.15) is 71.1 Å². The van der Waals surface area contributed by atoms with Gasteiger partial charge in [-0.25, -0.2) is 0 Å². The van der Waals surface area contributed by atoms with Gasteiger partial charge < -0.3 is 43.4 Å². The minimum Gasteiger partial charge on any atom is -0.490 e. The Hall–Kier alpha value is -5.02. The Morgan fingerprint density at radius 2 is 0.631 bits per heavy atom. The van der Waals surface area contributed by atoms with E-state index >= 15 is 0 Å². The molecule has 0 saturated heterocycles. The number of carbonyl (C=O) groups is 6. The normalized spacial score (nSPS) is 11.7. The van der Waals surface area contributed by atoms with Crippen LogP contribution in [0.25, 0.3) is 32.9 Å². The molecule has 0 bridgehead atoms. The highest BCUT2D eigenvalue weighted by molar-refractivity contribution is 14.1. The van der Waals surface area contributed by atoms with Crippen molar-refractivity contribution in [1.29, 1.82) is 0 Å². The van der Waals surface area contributed by atoms with E-state index in [0.29, 0.717) is 183 Å². The first-order valence-electron chi connectivity index (χ1n) is 34.7. The molecule has 0 aliphatic rings. The summed E-state index contributed by atoms with van der Waals surface area (Å²) in [6, 6.07) is 34.1. The molecule has 0 atom stereocenters. The Morgan fingerprint density at radius 3 is 0.883 bits per heavy atom. The molecule has 6 aromatic carbocycles. The fraction of sp³-hybridized carbons (Fsp3) is 0.385. The molecule has 0 saturated carbocycles. The summed E-state index contributed by atoms with van der Waals surface area (Å²) in [6.45, 7) is 11.3.